The average molecular weight is 258 g/mol. The lowest BCUT2D eigenvalue weighted by Crippen LogP contribution is -2.12. The lowest BCUT2D eigenvalue weighted by molar-refractivity contribution is 0.992. The van der Waals surface area contributed by atoms with Crippen molar-refractivity contribution in [2.45, 2.75) is 0 Å². The van der Waals surface area contributed by atoms with Gasteiger partial charge in [-0.15, -0.1) is 0 Å². The van der Waals surface area contributed by atoms with Crippen LogP contribution in [0.1, 0.15) is 0 Å². The topological polar surface area (TPSA) is 47.8 Å². The van der Waals surface area contributed by atoms with Crippen molar-refractivity contribution >= 4 is 22.6 Å². The van der Waals surface area contributed by atoms with Gasteiger partial charge in [-0.3, -0.25) is 9.36 Å². The van der Waals surface area contributed by atoms with Crippen molar-refractivity contribution in [2.75, 3.05) is 0 Å². The Kier molecular flexibility index (Phi) is 2.57. The monoisotopic (exact) mass is 257 g/mol. The Balaban J connectivity index is 2.33. The average Bonchev–Trinajstić information content (AvgIpc) is 2.41. The minimum Gasteiger partial charge on any atom is -0.284 e. The van der Waals surface area contributed by atoms with Crippen molar-refractivity contribution in [3.05, 3.63) is 64.3 Å². The number of nitrogens with zero attached hydrogens (tertiary/aromatic N) is 3. The Morgan fingerprint density at radius 2 is 1.83 bits per heavy atom. The lowest BCUT2D eigenvalue weighted by atomic mass is 10.3. The summed E-state index contributed by atoms with van der Waals surface area (Å²) in [5.41, 5.74) is 1.17. The summed E-state index contributed by atoms with van der Waals surface area (Å²) in [5.74, 6) is 0. The van der Waals surface area contributed by atoms with Gasteiger partial charge in [-0.1, -0.05) is 11.6 Å². The van der Waals surface area contributed by atoms with E-state index in [1.54, 1.807) is 35.0 Å². The molecule has 5 heteroatoms. The molecule has 0 radical (unpaired) electrons. The highest BCUT2D eigenvalue weighted by Crippen LogP contribution is 2.16. The first-order valence-electron chi connectivity index (χ1n) is 5.34. The quantitative estimate of drug-likeness (QED) is 0.673. The maximum atomic E-state index is 11.6. The molecule has 0 N–H and O–H groups in total. The number of benzene rings is 1. The van der Waals surface area contributed by atoms with Crippen molar-refractivity contribution < 1.29 is 0 Å². The Bertz CT molecular complexity index is 765. The van der Waals surface area contributed by atoms with Gasteiger partial charge in [0.25, 0.3) is 5.56 Å². The normalized spacial score (nSPS) is 10.7. The molecule has 0 fully saturated rings. The van der Waals surface area contributed by atoms with E-state index >= 15 is 0 Å². The van der Waals surface area contributed by atoms with Crippen molar-refractivity contribution in [3.8, 4) is 5.69 Å². The summed E-state index contributed by atoms with van der Waals surface area (Å²) in [6.07, 6.45) is 3.12. The maximum absolute atomic E-state index is 11.6. The summed E-state index contributed by atoms with van der Waals surface area (Å²) in [4.78, 5) is 19.7. The largest absolute Gasteiger partial charge is 0.284 e. The van der Waals surface area contributed by atoms with Gasteiger partial charge in [-0.2, -0.15) is 4.98 Å². The zero-order valence-corrected chi connectivity index (χ0v) is 10.0. The van der Waals surface area contributed by atoms with E-state index in [1.807, 2.05) is 12.1 Å². The van der Waals surface area contributed by atoms with Gasteiger partial charge >= 0.3 is 0 Å². The smallest absolute Gasteiger partial charge is 0.282 e. The van der Waals surface area contributed by atoms with E-state index in [0.29, 0.717) is 16.1 Å². The van der Waals surface area contributed by atoms with E-state index in [0.717, 1.165) is 5.69 Å². The molecule has 0 amide bonds. The molecule has 0 aliphatic carbocycles. The van der Waals surface area contributed by atoms with E-state index < -0.39 is 0 Å². The van der Waals surface area contributed by atoms with Crippen molar-refractivity contribution in [3.63, 3.8) is 0 Å². The van der Waals surface area contributed by atoms with Gasteiger partial charge in [0, 0.05) is 16.9 Å². The van der Waals surface area contributed by atoms with Gasteiger partial charge in [0.1, 0.15) is 6.33 Å². The molecule has 0 atom stereocenters. The Hall–Kier alpha value is -2.20. The molecule has 18 heavy (non-hydrogen) atoms. The molecule has 1 aromatic carbocycles. The second-order valence-electron chi connectivity index (χ2n) is 3.77. The molecule has 3 rings (SSSR count). The van der Waals surface area contributed by atoms with Gasteiger partial charge in [-0.05, 0) is 36.4 Å². The fraction of sp³-hybridized carbons (Fsp3) is 0. The van der Waals surface area contributed by atoms with Crippen LogP contribution in [0.15, 0.2) is 53.7 Å². The Morgan fingerprint density at radius 1 is 1.06 bits per heavy atom. The SMILES string of the molecule is O=c1ncn(-c2ccc(Cl)cc2)c2ncccc12. The molecule has 0 spiro atoms. The molecule has 3 aromatic rings. The van der Waals surface area contributed by atoms with E-state index in [-0.39, 0.29) is 5.56 Å². The number of hydrogen-bond donors (Lipinski definition) is 0. The van der Waals surface area contributed by atoms with Crippen LogP contribution in [-0.2, 0) is 0 Å². The van der Waals surface area contributed by atoms with Gasteiger partial charge < -0.3 is 0 Å². The molecule has 0 bridgehead atoms. The van der Waals surface area contributed by atoms with E-state index in [4.69, 9.17) is 11.6 Å². The van der Waals surface area contributed by atoms with Gasteiger partial charge in [-0.25, -0.2) is 4.98 Å². The number of halogens is 1. The van der Waals surface area contributed by atoms with E-state index in [1.165, 1.54) is 6.33 Å². The molecule has 2 aromatic heterocycles. The Labute approximate surface area is 108 Å². The summed E-state index contributed by atoms with van der Waals surface area (Å²) < 4.78 is 1.76. The maximum Gasteiger partial charge on any atom is 0.282 e. The number of aromatic nitrogens is 3. The molecule has 0 unspecified atom stereocenters. The van der Waals surface area contributed by atoms with Crippen LogP contribution in [0, 0.1) is 0 Å². The predicted molar refractivity (Wildman–Crippen MR) is 70.1 cm³/mol. The summed E-state index contributed by atoms with van der Waals surface area (Å²) in [7, 11) is 0. The molecule has 4 nitrogen and oxygen atoms in total. The van der Waals surface area contributed by atoms with Crippen LogP contribution in [0.5, 0.6) is 0 Å². The van der Waals surface area contributed by atoms with Crippen LogP contribution in [0.4, 0.5) is 0 Å². The molecular weight excluding hydrogens is 250 g/mol. The number of hydrogen-bond acceptors (Lipinski definition) is 3. The summed E-state index contributed by atoms with van der Waals surface area (Å²) in [5, 5.41) is 1.15. The standard InChI is InChI=1S/C13H8ClN3O/c14-9-3-5-10(6-4-9)17-8-16-13(18)11-2-1-7-15-12(11)17/h1-8H. The van der Waals surface area contributed by atoms with Gasteiger partial charge in [0.2, 0.25) is 0 Å². The summed E-state index contributed by atoms with van der Waals surface area (Å²) >= 11 is 5.85. The zero-order valence-electron chi connectivity index (χ0n) is 9.25. The summed E-state index contributed by atoms with van der Waals surface area (Å²) in [6, 6.07) is 10.7. The molecule has 0 saturated heterocycles. The lowest BCUT2D eigenvalue weighted by Gasteiger charge is -2.08. The first-order chi connectivity index (χ1) is 8.75. The fourth-order valence-electron chi connectivity index (χ4n) is 1.78. The highest BCUT2D eigenvalue weighted by Gasteiger charge is 2.05. The highest BCUT2D eigenvalue weighted by atomic mass is 35.5. The highest BCUT2D eigenvalue weighted by molar-refractivity contribution is 6.30. The van der Waals surface area contributed by atoms with E-state index in [2.05, 4.69) is 9.97 Å². The van der Waals surface area contributed by atoms with Crippen LogP contribution in [0.3, 0.4) is 0 Å². The minimum atomic E-state index is -0.275. The van der Waals surface area contributed by atoms with Crippen molar-refractivity contribution in [1.29, 1.82) is 0 Å². The first kappa shape index (κ1) is 10.9. The Morgan fingerprint density at radius 3 is 2.61 bits per heavy atom. The molecular formula is C13H8ClN3O. The zero-order chi connectivity index (χ0) is 12.5. The van der Waals surface area contributed by atoms with E-state index in [9.17, 15) is 4.79 Å². The first-order valence-corrected chi connectivity index (χ1v) is 5.72. The third kappa shape index (κ3) is 1.76. The molecule has 0 aliphatic heterocycles. The van der Waals surface area contributed by atoms with Crippen LogP contribution < -0.4 is 5.56 Å². The fourth-order valence-corrected chi connectivity index (χ4v) is 1.91. The van der Waals surface area contributed by atoms with Crippen LogP contribution in [-0.4, -0.2) is 14.5 Å². The third-order valence-corrected chi connectivity index (χ3v) is 2.89. The second-order valence-corrected chi connectivity index (χ2v) is 4.21. The number of rotatable bonds is 1. The molecule has 88 valence electrons. The van der Waals surface area contributed by atoms with Crippen molar-refractivity contribution in [2.24, 2.45) is 0 Å². The third-order valence-electron chi connectivity index (χ3n) is 2.64. The van der Waals surface area contributed by atoms with Crippen LogP contribution in [0.2, 0.25) is 5.02 Å². The van der Waals surface area contributed by atoms with Crippen LogP contribution in [0.25, 0.3) is 16.7 Å². The predicted octanol–water partition coefficient (Wildman–Crippen LogP) is 2.43. The van der Waals surface area contributed by atoms with Crippen molar-refractivity contribution in [1.82, 2.24) is 14.5 Å². The van der Waals surface area contributed by atoms with Crippen LogP contribution >= 0.6 is 11.6 Å². The number of fused-ring (bicyclic) bond motifs is 1. The molecule has 2 heterocycles. The minimum absolute atomic E-state index is 0.275. The van der Waals surface area contributed by atoms with Gasteiger partial charge in [0.05, 0.1) is 5.39 Å². The molecule has 0 saturated carbocycles. The van der Waals surface area contributed by atoms with Gasteiger partial charge in [0.15, 0.2) is 5.65 Å². The summed E-state index contributed by atoms with van der Waals surface area (Å²) in [6.45, 7) is 0. The molecule has 0 aliphatic rings. The second kappa shape index (κ2) is 4.23. The number of pyridine rings is 1.